The number of halogens is 1. The molecule has 0 atom stereocenters. The first-order valence-electron chi connectivity index (χ1n) is 10.0. The van der Waals surface area contributed by atoms with Crippen molar-refractivity contribution in [3.05, 3.63) is 70.0 Å². The molecule has 0 aliphatic carbocycles. The zero-order chi connectivity index (χ0) is 21.3. The van der Waals surface area contributed by atoms with Crippen molar-refractivity contribution in [3.63, 3.8) is 0 Å². The van der Waals surface area contributed by atoms with Gasteiger partial charge in [-0.3, -0.25) is 9.59 Å². The van der Waals surface area contributed by atoms with Crippen molar-refractivity contribution in [2.45, 2.75) is 20.3 Å². The number of benzene rings is 2. The Morgan fingerprint density at radius 3 is 2.03 bits per heavy atom. The van der Waals surface area contributed by atoms with Gasteiger partial charge in [0, 0.05) is 42.3 Å². The average molecular weight is 423 g/mol. The highest BCUT2D eigenvalue weighted by atomic mass is 35.5. The minimum Gasteiger partial charge on any atom is -0.337 e. The molecule has 2 amide bonds. The van der Waals surface area contributed by atoms with Gasteiger partial charge in [0.25, 0.3) is 11.8 Å². The number of nitrogens with zero attached hydrogens (tertiary/aromatic N) is 4. The predicted octanol–water partition coefficient (Wildman–Crippen LogP) is 3.89. The van der Waals surface area contributed by atoms with Crippen LogP contribution in [0.15, 0.2) is 42.5 Å². The van der Waals surface area contributed by atoms with E-state index >= 15 is 0 Å². The third-order valence-electron chi connectivity index (χ3n) is 5.46. The third-order valence-corrected chi connectivity index (χ3v) is 5.70. The summed E-state index contributed by atoms with van der Waals surface area (Å²) in [5.74, 6) is -0.104. The van der Waals surface area contributed by atoms with Gasteiger partial charge in [-0.15, -0.1) is 0 Å². The molecule has 1 aromatic heterocycles. The number of amides is 2. The fourth-order valence-electron chi connectivity index (χ4n) is 3.67. The molecule has 0 radical (unpaired) electrons. The Kier molecular flexibility index (Phi) is 5.68. The normalized spacial score (nSPS) is 14.6. The summed E-state index contributed by atoms with van der Waals surface area (Å²) >= 11 is 6.02. The van der Waals surface area contributed by atoms with Crippen molar-refractivity contribution in [1.82, 2.24) is 19.8 Å². The standard InChI is InChI=1S/C23H23ClN4O2/c1-15-16(2)26-21-14-18(7-8-20(21)25-15)23(30)28-10-4-9-27(11-12-28)22(29)17-5-3-6-19(24)13-17/h3,5-8,13-14H,4,9-12H2,1-2H3. The summed E-state index contributed by atoms with van der Waals surface area (Å²) < 4.78 is 0. The molecule has 1 aliphatic rings. The Hall–Kier alpha value is -2.99. The molecule has 1 saturated heterocycles. The third kappa shape index (κ3) is 4.14. The zero-order valence-electron chi connectivity index (χ0n) is 17.1. The quantitative estimate of drug-likeness (QED) is 0.628. The van der Waals surface area contributed by atoms with Crippen molar-refractivity contribution >= 4 is 34.4 Å². The first-order chi connectivity index (χ1) is 14.4. The van der Waals surface area contributed by atoms with E-state index in [0.29, 0.717) is 42.3 Å². The van der Waals surface area contributed by atoms with Gasteiger partial charge in [0.2, 0.25) is 0 Å². The van der Waals surface area contributed by atoms with E-state index in [9.17, 15) is 9.59 Å². The van der Waals surface area contributed by atoms with E-state index in [-0.39, 0.29) is 11.8 Å². The molecule has 0 bridgehead atoms. The number of hydrogen-bond acceptors (Lipinski definition) is 4. The highest BCUT2D eigenvalue weighted by molar-refractivity contribution is 6.30. The van der Waals surface area contributed by atoms with Gasteiger partial charge in [0.1, 0.15) is 0 Å². The molecule has 0 N–H and O–H groups in total. The van der Waals surface area contributed by atoms with E-state index in [1.54, 1.807) is 46.2 Å². The number of hydrogen-bond donors (Lipinski definition) is 0. The largest absolute Gasteiger partial charge is 0.337 e. The Balaban J connectivity index is 1.49. The number of rotatable bonds is 2. The van der Waals surface area contributed by atoms with Crippen molar-refractivity contribution in [2.75, 3.05) is 26.2 Å². The predicted molar refractivity (Wildman–Crippen MR) is 117 cm³/mol. The van der Waals surface area contributed by atoms with E-state index in [1.807, 2.05) is 19.9 Å². The fraction of sp³-hybridized carbons (Fsp3) is 0.304. The second-order valence-corrected chi connectivity index (χ2v) is 7.98. The summed E-state index contributed by atoms with van der Waals surface area (Å²) in [5, 5.41) is 0.539. The second-order valence-electron chi connectivity index (χ2n) is 7.55. The van der Waals surface area contributed by atoms with Crippen molar-refractivity contribution in [2.24, 2.45) is 0 Å². The van der Waals surface area contributed by atoms with E-state index in [2.05, 4.69) is 9.97 Å². The van der Waals surface area contributed by atoms with Crippen LogP contribution >= 0.6 is 11.6 Å². The van der Waals surface area contributed by atoms with Gasteiger partial charge in [-0.05, 0) is 56.7 Å². The smallest absolute Gasteiger partial charge is 0.253 e. The Morgan fingerprint density at radius 2 is 1.40 bits per heavy atom. The van der Waals surface area contributed by atoms with E-state index < -0.39 is 0 Å². The number of aromatic nitrogens is 2. The highest BCUT2D eigenvalue weighted by Crippen LogP contribution is 2.18. The molecule has 1 fully saturated rings. The van der Waals surface area contributed by atoms with E-state index in [1.165, 1.54) is 0 Å². The molecule has 6 nitrogen and oxygen atoms in total. The van der Waals surface area contributed by atoms with Crippen LogP contribution in [-0.4, -0.2) is 57.8 Å². The molecule has 30 heavy (non-hydrogen) atoms. The summed E-state index contributed by atoms with van der Waals surface area (Å²) in [6.07, 6.45) is 0.726. The molecule has 0 unspecified atom stereocenters. The number of carbonyl (C=O) groups is 2. The molecule has 0 spiro atoms. The maximum absolute atomic E-state index is 13.1. The van der Waals surface area contributed by atoms with E-state index in [4.69, 9.17) is 11.6 Å². The summed E-state index contributed by atoms with van der Waals surface area (Å²) in [5.41, 5.74) is 4.41. The fourth-order valence-corrected chi connectivity index (χ4v) is 3.86. The lowest BCUT2D eigenvalue weighted by Gasteiger charge is -2.22. The van der Waals surface area contributed by atoms with Gasteiger partial charge in [0.05, 0.1) is 22.4 Å². The lowest BCUT2D eigenvalue weighted by atomic mass is 10.1. The van der Waals surface area contributed by atoms with Crippen molar-refractivity contribution < 1.29 is 9.59 Å². The molecule has 0 saturated carbocycles. The minimum absolute atomic E-state index is 0.0472. The van der Waals surface area contributed by atoms with Crippen LogP contribution in [0.5, 0.6) is 0 Å². The Morgan fingerprint density at radius 1 is 0.800 bits per heavy atom. The van der Waals surface area contributed by atoms with Gasteiger partial charge >= 0.3 is 0 Å². The molecule has 2 heterocycles. The number of carbonyl (C=O) groups excluding carboxylic acids is 2. The molecule has 3 aromatic rings. The summed E-state index contributed by atoms with van der Waals surface area (Å²) in [6, 6.07) is 12.4. The average Bonchev–Trinajstić information content (AvgIpc) is 2.99. The van der Waals surface area contributed by atoms with Gasteiger partial charge in [-0.2, -0.15) is 0 Å². The molecule has 4 rings (SSSR count). The Bertz CT molecular complexity index is 1130. The van der Waals surface area contributed by atoms with Gasteiger partial charge in [0.15, 0.2) is 0 Å². The van der Waals surface area contributed by atoms with Gasteiger partial charge < -0.3 is 9.80 Å². The van der Waals surface area contributed by atoms with Crippen LogP contribution < -0.4 is 0 Å². The summed E-state index contributed by atoms with van der Waals surface area (Å²) in [6.45, 7) is 6.03. The van der Waals surface area contributed by atoms with Gasteiger partial charge in [-0.1, -0.05) is 17.7 Å². The SMILES string of the molecule is Cc1nc2ccc(C(=O)N3CCCN(C(=O)c4cccc(Cl)c4)CC3)cc2nc1C. The number of aryl methyl sites for hydroxylation is 2. The lowest BCUT2D eigenvalue weighted by molar-refractivity contribution is 0.0719. The van der Waals surface area contributed by atoms with Crippen LogP contribution in [0.25, 0.3) is 11.0 Å². The highest BCUT2D eigenvalue weighted by Gasteiger charge is 2.24. The van der Waals surface area contributed by atoms with Crippen LogP contribution in [0, 0.1) is 13.8 Å². The maximum atomic E-state index is 13.1. The first kappa shape index (κ1) is 20.3. The first-order valence-corrected chi connectivity index (χ1v) is 10.4. The van der Waals surface area contributed by atoms with E-state index in [0.717, 1.165) is 28.8 Å². The summed E-state index contributed by atoms with van der Waals surface area (Å²) in [7, 11) is 0. The monoisotopic (exact) mass is 422 g/mol. The van der Waals surface area contributed by atoms with Crippen LogP contribution in [0.4, 0.5) is 0 Å². The van der Waals surface area contributed by atoms with Crippen molar-refractivity contribution in [1.29, 1.82) is 0 Å². The molecule has 7 heteroatoms. The van der Waals surface area contributed by atoms with Crippen LogP contribution in [-0.2, 0) is 0 Å². The molecule has 154 valence electrons. The molecular weight excluding hydrogens is 400 g/mol. The van der Waals surface area contributed by atoms with Crippen LogP contribution in [0.1, 0.15) is 38.5 Å². The number of fused-ring (bicyclic) bond motifs is 1. The zero-order valence-corrected chi connectivity index (χ0v) is 17.8. The Labute approximate surface area is 180 Å². The van der Waals surface area contributed by atoms with Crippen LogP contribution in [0.2, 0.25) is 5.02 Å². The van der Waals surface area contributed by atoms with Crippen molar-refractivity contribution in [3.8, 4) is 0 Å². The second kappa shape index (κ2) is 8.40. The van der Waals surface area contributed by atoms with Crippen LogP contribution in [0.3, 0.4) is 0 Å². The lowest BCUT2D eigenvalue weighted by Crippen LogP contribution is -2.37. The van der Waals surface area contributed by atoms with Gasteiger partial charge in [-0.25, -0.2) is 9.97 Å². The topological polar surface area (TPSA) is 66.4 Å². The summed E-state index contributed by atoms with van der Waals surface area (Å²) in [4.78, 5) is 38.6. The molecule has 2 aromatic carbocycles. The minimum atomic E-state index is -0.0568. The maximum Gasteiger partial charge on any atom is 0.253 e. The molecular formula is C23H23ClN4O2. The molecule has 1 aliphatic heterocycles.